The Morgan fingerprint density at radius 2 is 1.56 bits per heavy atom. The quantitative estimate of drug-likeness (QED) is 0.477. The highest BCUT2D eigenvalue weighted by Crippen LogP contribution is 2.15. The lowest BCUT2D eigenvalue weighted by atomic mass is 10.2. The van der Waals surface area contributed by atoms with Gasteiger partial charge >= 0.3 is 0 Å². The van der Waals surface area contributed by atoms with Gasteiger partial charge in [0.2, 0.25) is 11.8 Å². The fourth-order valence-corrected chi connectivity index (χ4v) is 1.95. The summed E-state index contributed by atoms with van der Waals surface area (Å²) in [4.78, 5) is 33.3. The van der Waals surface area contributed by atoms with E-state index in [-0.39, 0.29) is 17.5 Å². The Hall–Kier alpha value is -3.48. The van der Waals surface area contributed by atoms with Gasteiger partial charge in [-0.15, -0.1) is 0 Å². The number of carbonyl (C=O) groups is 2. The van der Waals surface area contributed by atoms with Crippen LogP contribution in [0.15, 0.2) is 54.6 Å². The average molecular weight is 339 g/mol. The molecule has 0 saturated heterocycles. The van der Waals surface area contributed by atoms with Gasteiger partial charge in [-0.2, -0.15) is 0 Å². The lowest BCUT2D eigenvalue weighted by Gasteiger charge is -2.06. The Balaban J connectivity index is 1.93. The molecule has 0 spiro atoms. The Morgan fingerprint density at radius 3 is 2.08 bits per heavy atom. The maximum atomic E-state index is 11.9. The van der Waals surface area contributed by atoms with Crippen LogP contribution in [-0.4, -0.2) is 16.7 Å². The van der Waals surface area contributed by atoms with Crippen LogP contribution in [0.4, 0.5) is 17.1 Å². The van der Waals surface area contributed by atoms with Crippen molar-refractivity contribution in [2.24, 2.45) is 0 Å². The van der Waals surface area contributed by atoms with Crippen LogP contribution in [0.25, 0.3) is 6.08 Å². The molecule has 0 aromatic heterocycles. The van der Waals surface area contributed by atoms with Crippen LogP contribution in [0, 0.1) is 10.1 Å². The first-order valence-corrected chi connectivity index (χ1v) is 7.61. The van der Waals surface area contributed by atoms with Crippen LogP contribution in [0.2, 0.25) is 0 Å². The van der Waals surface area contributed by atoms with E-state index < -0.39 is 4.92 Å². The first-order chi connectivity index (χ1) is 12.0. The van der Waals surface area contributed by atoms with Crippen LogP contribution >= 0.6 is 0 Å². The second kappa shape index (κ2) is 8.39. The number of nitro groups is 1. The van der Waals surface area contributed by atoms with Crippen LogP contribution < -0.4 is 10.6 Å². The number of benzene rings is 2. The molecule has 7 nitrogen and oxygen atoms in total. The van der Waals surface area contributed by atoms with E-state index >= 15 is 0 Å². The molecule has 0 radical (unpaired) electrons. The lowest BCUT2D eigenvalue weighted by molar-refractivity contribution is -0.384. The molecule has 2 amide bonds. The topological polar surface area (TPSA) is 101 Å². The predicted molar refractivity (Wildman–Crippen MR) is 96.1 cm³/mol. The third-order valence-corrected chi connectivity index (χ3v) is 3.29. The lowest BCUT2D eigenvalue weighted by Crippen LogP contribution is -2.10. The van der Waals surface area contributed by atoms with E-state index in [1.54, 1.807) is 49.4 Å². The van der Waals surface area contributed by atoms with Crippen molar-refractivity contribution in [1.29, 1.82) is 0 Å². The zero-order valence-electron chi connectivity index (χ0n) is 13.6. The summed E-state index contributed by atoms with van der Waals surface area (Å²) in [7, 11) is 0. The second-order valence-corrected chi connectivity index (χ2v) is 5.15. The number of nitro benzene ring substituents is 1. The van der Waals surface area contributed by atoms with Crippen LogP contribution in [0.3, 0.4) is 0 Å². The van der Waals surface area contributed by atoms with E-state index in [2.05, 4.69) is 10.6 Å². The molecule has 2 aromatic carbocycles. The molecule has 128 valence electrons. The van der Waals surface area contributed by atoms with Gasteiger partial charge in [0.1, 0.15) is 0 Å². The van der Waals surface area contributed by atoms with Gasteiger partial charge in [-0.3, -0.25) is 19.7 Å². The summed E-state index contributed by atoms with van der Waals surface area (Å²) in [5.74, 6) is -0.411. The number of nitrogens with zero attached hydrogens (tertiary/aromatic N) is 1. The van der Waals surface area contributed by atoms with Gasteiger partial charge in [-0.05, 0) is 48.0 Å². The van der Waals surface area contributed by atoms with E-state index in [9.17, 15) is 19.7 Å². The Labute approximate surface area is 144 Å². The van der Waals surface area contributed by atoms with Crippen molar-refractivity contribution in [2.45, 2.75) is 13.3 Å². The molecular weight excluding hydrogens is 322 g/mol. The highest BCUT2D eigenvalue weighted by atomic mass is 16.6. The Kier molecular flexibility index (Phi) is 6.00. The predicted octanol–water partition coefficient (Wildman–Crippen LogP) is 3.60. The van der Waals surface area contributed by atoms with Crippen molar-refractivity contribution in [3.8, 4) is 0 Å². The number of non-ortho nitro benzene ring substituents is 1. The number of rotatable bonds is 6. The van der Waals surface area contributed by atoms with Gasteiger partial charge < -0.3 is 10.6 Å². The summed E-state index contributed by atoms with van der Waals surface area (Å²) in [6.45, 7) is 1.77. The van der Waals surface area contributed by atoms with Crippen molar-refractivity contribution in [3.05, 3.63) is 70.3 Å². The van der Waals surface area contributed by atoms with Crippen molar-refractivity contribution in [3.63, 3.8) is 0 Å². The standard InChI is InChI=1S/C18H17N3O4/c1-2-17(22)19-14-6-8-15(9-7-14)20-18(23)12-5-13-3-10-16(11-4-13)21(24)25/h3-12H,2H2,1H3,(H,19,22)(H,20,23)/b12-5+. The average Bonchev–Trinajstić information content (AvgIpc) is 2.62. The molecule has 0 aliphatic carbocycles. The largest absolute Gasteiger partial charge is 0.326 e. The van der Waals surface area contributed by atoms with Crippen LogP contribution in [0.1, 0.15) is 18.9 Å². The smallest absolute Gasteiger partial charge is 0.269 e. The maximum absolute atomic E-state index is 11.9. The number of hydrogen-bond donors (Lipinski definition) is 2. The number of carbonyl (C=O) groups excluding carboxylic acids is 2. The van der Waals surface area contributed by atoms with E-state index in [0.717, 1.165) is 0 Å². The van der Waals surface area contributed by atoms with Crippen LogP contribution in [-0.2, 0) is 9.59 Å². The molecule has 2 N–H and O–H groups in total. The normalized spacial score (nSPS) is 10.4. The van der Waals surface area contributed by atoms with Crippen molar-refractivity contribution in [1.82, 2.24) is 0 Å². The SMILES string of the molecule is CCC(=O)Nc1ccc(NC(=O)/C=C/c2ccc([N+](=O)[O-])cc2)cc1. The molecule has 0 saturated carbocycles. The van der Waals surface area contributed by atoms with E-state index in [1.807, 2.05) is 0 Å². The molecule has 0 heterocycles. The molecular formula is C18H17N3O4. The Bertz CT molecular complexity index is 796. The molecule has 0 fully saturated rings. The molecule has 0 bridgehead atoms. The molecule has 2 aromatic rings. The fourth-order valence-electron chi connectivity index (χ4n) is 1.95. The number of anilines is 2. The minimum atomic E-state index is -0.479. The number of amides is 2. The third kappa shape index (κ3) is 5.58. The third-order valence-electron chi connectivity index (χ3n) is 3.29. The van der Waals surface area contributed by atoms with Gasteiger partial charge in [-0.1, -0.05) is 6.92 Å². The van der Waals surface area contributed by atoms with Crippen LogP contribution in [0.5, 0.6) is 0 Å². The summed E-state index contributed by atoms with van der Waals surface area (Å²) in [6.07, 6.45) is 3.30. The molecule has 7 heteroatoms. The minimum absolute atomic E-state index is 0.00291. The molecule has 0 aliphatic rings. The van der Waals surface area contributed by atoms with Crippen molar-refractivity contribution in [2.75, 3.05) is 10.6 Å². The summed E-state index contributed by atoms with van der Waals surface area (Å²) in [5.41, 5.74) is 1.93. The zero-order chi connectivity index (χ0) is 18.2. The van der Waals surface area contributed by atoms with Crippen molar-refractivity contribution < 1.29 is 14.5 Å². The van der Waals surface area contributed by atoms with Gasteiger partial charge in [0.05, 0.1) is 4.92 Å². The van der Waals surface area contributed by atoms with Gasteiger partial charge in [-0.25, -0.2) is 0 Å². The van der Waals surface area contributed by atoms with Gasteiger partial charge in [0.25, 0.3) is 5.69 Å². The first-order valence-electron chi connectivity index (χ1n) is 7.61. The summed E-state index contributed by atoms with van der Waals surface area (Å²) >= 11 is 0. The van der Waals surface area contributed by atoms with Gasteiger partial charge in [0, 0.05) is 36.0 Å². The van der Waals surface area contributed by atoms with E-state index in [1.165, 1.54) is 18.2 Å². The molecule has 25 heavy (non-hydrogen) atoms. The fraction of sp³-hybridized carbons (Fsp3) is 0.111. The maximum Gasteiger partial charge on any atom is 0.269 e. The summed E-state index contributed by atoms with van der Waals surface area (Å²) in [5, 5.41) is 16.0. The monoisotopic (exact) mass is 339 g/mol. The Morgan fingerprint density at radius 1 is 1.00 bits per heavy atom. The highest BCUT2D eigenvalue weighted by Gasteiger charge is 2.03. The number of hydrogen-bond acceptors (Lipinski definition) is 4. The summed E-state index contributed by atoms with van der Waals surface area (Å²) < 4.78 is 0. The van der Waals surface area contributed by atoms with Crippen molar-refractivity contribution >= 4 is 35.0 Å². The summed E-state index contributed by atoms with van der Waals surface area (Å²) in [6, 6.07) is 12.6. The second-order valence-electron chi connectivity index (χ2n) is 5.15. The molecule has 0 atom stereocenters. The molecule has 0 unspecified atom stereocenters. The highest BCUT2D eigenvalue weighted by molar-refractivity contribution is 6.02. The number of nitrogens with one attached hydrogen (secondary N) is 2. The molecule has 2 rings (SSSR count). The van der Waals surface area contributed by atoms with E-state index in [4.69, 9.17) is 0 Å². The zero-order valence-corrected chi connectivity index (χ0v) is 13.6. The minimum Gasteiger partial charge on any atom is -0.326 e. The van der Waals surface area contributed by atoms with E-state index in [0.29, 0.717) is 23.4 Å². The molecule has 0 aliphatic heterocycles. The first kappa shape index (κ1) is 17.9. The van der Waals surface area contributed by atoms with Gasteiger partial charge in [0.15, 0.2) is 0 Å².